The Morgan fingerprint density at radius 1 is 1.07 bits per heavy atom. The number of H-pyrrole nitrogens is 1. The zero-order chi connectivity index (χ0) is 21.1. The number of nitrogens with zero attached hydrogens (tertiary/aromatic N) is 3. The van der Waals surface area contributed by atoms with Gasteiger partial charge >= 0.3 is 6.18 Å². The monoisotopic (exact) mass is 413 g/mol. The standard InChI is InChI=1S/C21H18F3N5O/c22-21(23,24)18-10-11-29(28-18)13-19(30)25-17(12-14-6-2-1-3-7-14)20-26-15-8-4-5-9-16(15)27-20/h1-11,17H,12-13H2,(H,25,30)(H,26,27). The molecule has 0 spiro atoms. The van der Waals surface area contributed by atoms with E-state index >= 15 is 0 Å². The highest BCUT2D eigenvalue weighted by molar-refractivity contribution is 5.77. The van der Waals surface area contributed by atoms with E-state index < -0.39 is 23.8 Å². The van der Waals surface area contributed by atoms with Crippen molar-refractivity contribution in [1.82, 2.24) is 25.1 Å². The molecule has 2 N–H and O–H groups in total. The van der Waals surface area contributed by atoms with Crippen LogP contribution in [0.1, 0.15) is 23.1 Å². The topological polar surface area (TPSA) is 75.6 Å². The van der Waals surface area contributed by atoms with Gasteiger partial charge in [-0.3, -0.25) is 9.48 Å². The smallest absolute Gasteiger partial charge is 0.344 e. The van der Waals surface area contributed by atoms with E-state index in [0.717, 1.165) is 33.5 Å². The number of halogens is 3. The minimum atomic E-state index is -4.55. The molecule has 2 aromatic heterocycles. The fraction of sp³-hybridized carbons (Fsp3) is 0.190. The normalized spacial score (nSPS) is 12.8. The molecule has 30 heavy (non-hydrogen) atoms. The van der Waals surface area contributed by atoms with Crippen LogP contribution in [0.2, 0.25) is 0 Å². The van der Waals surface area contributed by atoms with Crippen LogP contribution in [-0.4, -0.2) is 25.7 Å². The Bertz CT molecular complexity index is 1120. The molecule has 1 unspecified atom stereocenters. The van der Waals surface area contributed by atoms with E-state index in [9.17, 15) is 18.0 Å². The molecule has 2 aromatic carbocycles. The SMILES string of the molecule is O=C(Cn1ccc(C(F)(F)F)n1)NC(Cc1ccccc1)c1nc2ccccc2[nH]1. The fourth-order valence-electron chi connectivity index (χ4n) is 3.19. The number of carbonyl (C=O) groups is 1. The zero-order valence-electron chi connectivity index (χ0n) is 15.7. The molecule has 0 radical (unpaired) electrons. The van der Waals surface area contributed by atoms with Gasteiger partial charge in [0.05, 0.1) is 17.1 Å². The number of carbonyl (C=O) groups excluding carboxylic acids is 1. The maximum Gasteiger partial charge on any atom is 0.435 e. The summed E-state index contributed by atoms with van der Waals surface area (Å²) in [5, 5.41) is 6.29. The molecule has 9 heteroatoms. The Morgan fingerprint density at radius 2 is 1.80 bits per heavy atom. The lowest BCUT2D eigenvalue weighted by molar-refractivity contribution is -0.141. The first kappa shape index (κ1) is 19.7. The summed E-state index contributed by atoms with van der Waals surface area (Å²) in [6.07, 6.45) is -2.94. The molecule has 0 aliphatic heterocycles. The number of aromatic nitrogens is 4. The first-order chi connectivity index (χ1) is 14.4. The molecule has 4 aromatic rings. The average molecular weight is 413 g/mol. The summed E-state index contributed by atoms with van der Waals surface area (Å²) >= 11 is 0. The summed E-state index contributed by atoms with van der Waals surface area (Å²) in [4.78, 5) is 20.3. The third-order valence-corrected chi connectivity index (χ3v) is 4.59. The van der Waals surface area contributed by atoms with E-state index in [4.69, 9.17) is 0 Å². The van der Waals surface area contributed by atoms with Gasteiger partial charge in [0.25, 0.3) is 0 Å². The number of hydrogen-bond acceptors (Lipinski definition) is 3. The van der Waals surface area contributed by atoms with Crippen LogP contribution < -0.4 is 5.32 Å². The summed E-state index contributed by atoms with van der Waals surface area (Å²) in [6.45, 7) is -0.332. The van der Waals surface area contributed by atoms with Crippen LogP contribution in [0.3, 0.4) is 0 Å². The predicted octanol–water partition coefficient (Wildman–Crippen LogP) is 3.88. The van der Waals surface area contributed by atoms with E-state index in [1.54, 1.807) is 0 Å². The Kier molecular flexibility index (Phi) is 5.26. The lowest BCUT2D eigenvalue weighted by Gasteiger charge is -2.17. The summed E-state index contributed by atoms with van der Waals surface area (Å²) in [7, 11) is 0. The number of rotatable bonds is 6. The molecule has 0 aliphatic rings. The Balaban J connectivity index is 1.54. The number of benzene rings is 2. The molecule has 0 saturated carbocycles. The molecule has 0 bridgehead atoms. The van der Waals surface area contributed by atoms with E-state index in [-0.39, 0.29) is 6.54 Å². The molecule has 4 rings (SSSR count). The molecule has 1 amide bonds. The van der Waals surface area contributed by atoms with Gasteiger partial charge in [0.15, 0.2) is 5.69 Å². The number of aromatic amines is 1. The lowest BCUT2D eigenvalue weighted by Crippen LogP contribution is -2.33. The van der Waals surface area contributed by atoms with Crippen molar-refractivity contribution in [2.75, 3.05) is 0 Å². The van der Waals surface area contributed by atoms with Crippen molar-refractivity contribution in [2.24, 2.45) is 0 Å². The maximum atomic E-state index is 12.7. The van der Waals surface area contributed by atoms with Crippen LogP contribution in [0.15, 0.2) is 66.9 Å². The second-order valence-corrected chi connectivity index (χ2v) is 6.85. The van der Waals surface area contributed by atoms with Gasteiger partial charge in [-0.2, -0.15) is 18.3 Å². The molecule has 0 aliphatic carbocycles. The van der Waals surface area contributed by atoms with Crippen molar-refractivity contribution in [3.05, 3.63) is 83.9 Å². The Morgan fingerprint density at radius 3 is 2.50 bits per heavy atom. The van der Waals surface area contributed by atoms with Gasteiger partial charge in [0, 0.05) is 6.20 Å². The maximum absolute atomic E-state index is 12.7. The van der Waals surface area contributed by atoms with Crippen molar-refractivity contribution in [1.29, 1.82) is 0 Å². The largest absolute Gasteiger partial charge is 0.435 e. The van der Waals surface area contributed by atoms with Crippen molar-refractivity contribution in [2.45, 2.75) is 25.2 Å². The van der Waals surface area contributed by atoms with Gasteiger partial charge in [0.2, 0.25) is 5.91 Å². The van der Waals surface area contributed by atoms with Crippen molar-refractivity contribution >= 4 is 16.9 Å². The quantitative estimate of drug-likeness (QED) is 0.504. The summed E-state index contributed by atoms with van der Waals surface area (Å²) < 4.78 is 39.1. The van der Waals surface area contributed by atoms with Gasteiger partial charge in [0.1, 0.15) is 12.4 Å². The fourth-order valence-corrected chi connectivity index (χ4v) is 3.19. The van der Waals surface area contributed by atoms with Crippen LogP contribution in [0, 0.1) is 0 Å². The minimum Gasteiger partial charge on any atom is -0.344 e. The molecule has 0 saturated heterocycles. The molecule has 6 nitrogen and oxygen atoms in total. The van der Waals surface area contributed by atoms with Gasteiger partial charge in [-0.1, -0.05) is 42.5 Å². The summed E-state index contributed by atoms with van der Waals surface area (Å²) in [5.41, 5.74) is 1.55. The molecule has 2 heterocycles. The third-order valence-electron chi connectivity index (χ3n) is 4.59. The zero-order valence-corrected chi connectivity index (χ0v) is 15.7. The summed E-state index contributed by atoms with van der Waals surface area (Å²) in [5.74, 6) is 0.109. The average Bonchev–Trinajstić information content (AvgIpc) is 3.35. The number of amides is 1. The highest BCUT2D eigenvalue weighted by Gasteiger charge is 2.33. The second kappa shape index (κ2) is 8.02. The van der Waals surface area contributed by atoms with E-state index in [0.29, 0.717) is 12.2 Å². The van der Waals surface area contributed by atoms with E-state index in [1.165, 1.54) is 0 Å². The molecule has 154 valence electrons. The van der Waals surface area contributed by atoms with Gasteiger partial charge in [-0.15, -0.1) is 0 Å². The van der Waals surface area contributed by atoms with Crippen LogP contribution in [-0.2, 0) is 23.9 Å². The van der Waals surface area contributed by atoms with Crippen LogP contribution in [0.4, 0.5) is 13.2 Å². The van der Waals surface area contributed by atoms with Gasteiger partial charge < -0.3 is 10.3 Å². The van der Waals surface area contributed by atoms with Crippen molar-refractivity contribution in [3.63, 3.8) is 0 Å². The van der Waals surface area contributed by atoms with Gasteiger partial charge in [-0.25, -0.2) is 4.98 Å². The highest BCUT2D eigenvalue weighted by Crippen LogP contribution is 2.27. The van der Waals surface area contributed by atoms with E-state index in [1.807, 2.05) is 54.6 Å². The number of nitrogens with one attached hydrogen (secondary N) is 2. The highest BCUT2D eigenvalue weighted by atomic mass is 19.4. The molecule has 0 fully saturated rings. The first-order valence-corrected chi connectivity index (χ1v) is 9.27. The lowest BCUT2D eigenvalue weighted by atomic mass is 10.1. The summed E-state index contributed by atoms with van der Waals surface area (Å²) in [6, 6.07) is 17.4. The number of fused-ring (bicyclic) bond motifs is 1. The Hall–Kier alpha value is -3.62. The van der Waals surface area contributed by atoms with Crippen LogP contribution >= 0.6 is 0 Å². The number of imidazole rings is 1. The third kappa shape index (κ3) is 4.51. The van der Waals surface area contributed by atoms with Crippen molar-refractivity contribution in [3.8, 4) is 0 Å². The van der Waals surface area contributed by atoms with Crippen molar-refractivity contribution < 1.29 is 18.0 Å². The minimum absolute atomic E-state index is 0.332. The number of hydrogen-bond donors (Lipinski definition) is 2. The number of alkyl halides is 3. The second-order valence-electron chi connectivity index (χ2n) is 6.85. The Labute approximate surface area is 169 Å². The number of para-hydroxylation sites is 2. The predicted molar refractivity (Wildman–Crippen MR) is 104 cm³/mol. The van der Waals surface area contributed by atoms with Crippen LogP contribution in [0.5, 0.6) is 0 Å². The molecular formula is C21H18F3N5O. The molecule has 1 atom stereocenters. The van der Waals surface area contributed by atoms with Gasteiger partial charge in [-0.05, 0) is 30.2 Å². The molecular weight excluding hydrogens is 395 g/mol. The van der Waals surface area contributed by atoms with E-state index in [2.05, 4.69) is 20.4 Å². The first-order valence-electron chi connectivity index (χ1n) is 9.27. The van der Waals surface area contributed by atoms with Crippen LogP contribution in [0.25, 0.3) is 11.0 Å².